The second-order valence-corrected chi connectivity index (χ2v) is 4.49. The molecule has 3 N–H and O–H groups in total. The van der Waals surface area contributed by atoms with Crippen molar-refractivity contribution in [3.8, 4) is 0 Å². The van der Waals surface area contributed by atoms with Gasteiger partial charge in [-0.2, -0.15) is 0 Å². The molecule has 1 aromatic rings. The van der Waals surface area contributed by atoms with Crippen LogP contribution in [-0.4, -0.2) is 35.1 Å². The van der Waals surface area contributed by atoms with Crippen molar-refractivity contribution >= 4 is 5.91 Å². The Morgan fingerprint density at radius 1 is 1.35 bits per heavy atom. The van der Waals surface area contributed by atoms with Crippen LogP contribution >= 0.6 is 0 Å². The van der Waals surface area contributed by atoms with Gasteiger partial charge in [0, 0.05) is 24.7 Å². The fourth-order valence-corrected chi connectivity index (χ4v) is 1.97. The molecular formula is C13H18N2O2. The third-order valence-electron chi connectivity index (χ3n) is 3.07. The van der Waals surface area contributed by atoms with Crippen LogP contribution in [0, 0.1) is 0 Å². The van der Waals surface area contributed by atoms with E-state index in [1.807, 2.05) is 12.1 Å². The van der Waals surface area contributed by atoms with Crippen LogP contribution < -0.4 is 5.73 Å². The molecule has 0 radical (unpaired) electrons. The van der Waals surface area contributed by atoms with Gasteiger partial charge >= 0.3 is 0 Å². The van der Waals surface area contributed by atoms with E-state index in [4.69, 9.17) is 10.8 Å². The highest BCUT2D eigenvalue weighted by Gasteiger charge is 2.28. The summed E-state index contributed by atoms with van der Waals surface area (Å²) >= 11 is 0. The highest BCUT2D eigenvalue weighted by Crippen LogP contribution is 2.27. The van der Waals surface area contributed by atoms with E-state index in [-0.39, 0.29) is 6.61 Å². The molecule has 92 valence electrons. The number of benzene rings is 1. The molecule has 0 spiro atoms. The lowest BCUT2D eigenvalue weighted by Crippen LogP contribution is -2.28. The standard InChI is InChI=1S/C13H18N2O2/c14-13(17)11-3-1-10(2-4-11)9-15(7-8-16)12-5-6-12/h1-4,12,16H,5-9H2,(H2,14,17). The third-order valence-corrected chi connectivity index (χ3v) is 3.07. The van der Waals surface area contributed by atoms with E-state index in [0.29, 0.717) is 18.2 Å². The third kappa shape index (κ3) is 3.28. The van der Waals surface area contributed by atoms with Crippen LogP contribution in [0.1, 0.15) is 28.8 Å². The van der Waals surface area contributed by atoms with Crippen LogP contribution in [0.4, 0.5) is 0 Å². The van der Waals surface area contributed by atoms with E-state index in [9.17, 15) is 4.79 Å². The van der Waals surface area contributed by atoms with Crippen molar-refractivity contribution in [2.45, 2.75) is 25.4 Å². The van der Waals surface area contributed by atoms with Gasteiger partial charge in [0.25, 0.3) is 0 Å². The molecule has 2 rings (SSSR count). The van der Waals surface area contributed by atoms with Crippen molar-refractivity contribution < 1.29 is 9.90 Å². The second-order valence-electron chi connectivity index (χ2n) is 4.49. The summed E-state index contributed by atoms with van der Waals surface area (Å²) in [6.45, 7) is 1.72. The average molecular weight is 234 g/mol. The van der Waals surface area contributed by atoms with Gasteiger partial charge < -0.3 is 10.8 Å². The predicted molar refractivity (Wildman–Crippen MR) is 65.5 cm³/mol. The molecule has 1 amide bonds. The first-order valence-corrected chi connectivity index (χ1v) is 5.94. The van der Waals surface area contributed by atoms with Gasteiger partial charge in [-0.3, -0.25) is 9.69 Å². The zero-order valence-electron chi connectivity index (χ0n) is 9.80. The van der Waals surface area contributed by atoms with Crippen LogP contribution in [-0.2, 0) is 6.54 Å². The lowest BCUT2D eigenvalue weighted by Gasteiger charge is -2.20. The SMILES string of the molecule is NC(=O)c1ccc(CN(CCO)C2CC2)cc1. The summed E-state index contributed by atoms with van der Waals surface area (Å²) in [7, 11) is 0. The number of amides is 1. The molecule has 1 saturated carbocycles. The molecule has 4 heteroatoms. The van der Waals surface area contributed by atoms with Crippen LogP contribution in [0.2, 0.25) is 0 Å². The van der Waals surface area contributed by atoms with E-state index in [2.05, 4.69) is 4.90 Å². The molecule has 0 heterocycles. The number of nitrogens with zero attached hydrogens (tertiary/aromatic N) is 1. The number of nitrogens with two attached hydrogens (primary N) is 1. The first kappa shape index (κ1) is 12.1. The van der Waals surface area contributed by atoms with Gasteiger partial charge in [-0.15, -0.1) is 0 Å². The molecular weight excluding hydrogens is 216 g/mol. The second kappa shape index (κ2) is 5.29. The monoisotopic (exact) mass is 234 g/mol. The molecule has 0 atom stereocenters. The van der Waals surface area contributed by atoms with E-state index < -0.39 is 5.91 Å². The minimum Gasteiger partial charge on any atom is -0.395 e. The fourth-order valence-electron chi connectivity index (χ4n) is 1.97. The zero-order chi connectivity index (χ0) is 12.3. The Kier molecular flexibility index (Phi) is 3.76. The van der Waals surface area contributed by atoms with Crippen LogP contribution in [0.25, 0.3) is 0 Å². The van der Waals surface area contributed by atoms with E-state index in [1.165, 1.54) is 12.8 Å². The van der Waals surface area contributed by atoms with Crippen molar-refractivity contribution in [2.24, 2.45) is 5.73 Å². The van der Waals surface area contributed by atoms with E-state index in [0.717, 1.165) is 12.1 Å². The number of rotatable bonds is 6. The molecule has 0 aromatic heterocycles. The van der Waals surface area contributed by atoms with Gasteiger partial charge in [0.1, 0.15) is 0 Å². The lowest BCUT2D eigenvalue weighted by atomic mass is 10.1. The van der Waals surface area contributed by atoms with Gasteiger partial charge in [-0.05, 0) is 30.5 Å². The Hall–Kier alpha value is -1.39. The Balaban J connectivity index is 1.99. The maximum atomic E-state index is 10.9. The average Bonchev–Trinajstić information content (AvgIpc) is 3.13. The van der Waals surface area contributed by atoms with Crippen LogP contribution in [0.3, 0.4) is 0 Å². The minimum absolute atomic E-state index is 0.190. The van der Waals surface area contributed by atoms with Crippen LogP contribution in [0.5, 0.6) is 0 Å². The summed E-state index contributed by atoms with van der Waals surface area (Å²) in [6, 6.07) is 7.97. The van der Waals surface area contributed by atoms with Crippen molar-refractivity contribution in [1.82, 2.24) is 4.90 Å². The van der Waals surface area contributed by atoms with Crippen molar-refractivity contribution in [3.63, 3.8) is 0 Å². The molecule has 0 aliphatic heterocycles. The topological polar surface area (TPSA) is 66.6 Å². The summed E-state index contributed by atoms with van der Waals surface area (Å²) in [5.41, 5.74) is 6.87. The number of hydrogen-bond acceptors (Lipinski definition) is 3. The molecule has 4 nitrogen and oxygen atoms in total. The number of aliphatic hydroxyl groups excluding tert-OH is 1. The number of carbonyl (C=O) groups excluding carboxylic acids is 1. The highest BCUT2D eigenvalue weighted by molar-refractivity contribution is 5.92. The molecule has 0 saturated heterocycles. The van der Waals surface area contributed by atoms with Gasteiger partial charge in [0.05, 0.1) is 6.61 Å². The Bertz CT molecular complexity index is 385. The molecule has 1 aliphatic carbocycles. The summed E-state index contributed by atoms with van der Waals surface area (Å²) < 4.78 is 0. The predicted octanol–water partition coefficient (Wildman–Crippen LogP) is 0.742. The quantitative estimate of drug-likeness (QED) is 0.763. The Morgan fingerprint density at radius 3 is 2.47 bits per heavy atom. The first-order valence-electron chi connectivity index (χ1n) is 5.94. The number of carbonyl (C=O) groups is 1. The smallest absolute Gasteiger partial charge is 0.248 e. The number of primary amides is 1. The van der Waals surface area contributed by atoms with Crippen molar-refractivity contribution in [2.75, 3.05) is 13.2 Å². The van der Waals surface area contributed by atoms with Crippen LogP contribution in [0.15, 0.2) is 24.3 Å². The van der Waals surface area contributed by atoms with Gasteiger partial charge in [0.15, 0.2) is 0 Å². The maximum Gasteiger partial charge on any atom is 0.248 e. The lowest BCUT2D eigenvalue weighted by molar-refractivity contribution is 0.100. The van der Waals surface area contributed by atoms with E-state index in [1.54, 1.807) is 12.1 Å². The maximum absolute atomic E-state index is 10.9. The first-order chi connectivity index (χ1) is 8.20. The summed E-state index contributed by atoms with van der Waals surface area (Å²) in [6.07, 6.45) is 2.44. The molecule has 17 heavy (non-hydrogen) atoms. The zero-order valence-corrected chi connectivity index (χ0v) is 9.80. The molecule has 1 aliphatic rings. The largest absolute Gasteiger partial charge is 0.395 e. The summed E-state index contributed by atoms with van der Waals surface area (Å²) in [5.74, 6) is -0.397. The van der Waals surface area contributed by atoms with Gasteiger partial charge in [0.2, 0.25) is 5.91 Å². The molecule has 0 unspecified atom stereocenters. The Labute approximate surface area is 101 Å². The molecule has 0 bridgehead atoms. The Morgan fingerprint density at radius 2 is 2.00 bits per heavy atom. The number of hydrogen-bond donors (Lipinski definition) is 2. The normalized spacial score (nSPS) is 15.2. The highest BCUT2D eigenvalue weighted by atomic mass is 16.3. The fraction of sp³-hybridized carbons (Fsp3) is 0.462. The van der Waals surface area contributed by atoms with Crippen molar-refractivity contribution in [1.29, 1.82) is 0 Å². The van der Waals surface area contributed by atoms with E-state index >= 15 is 0 Å². The van der Waals surface area contributed by atoms with Gasteiger partial charge in [-0.25, -0.2) is 0 Å². The molecule has 1 fully saturated rings. The molecule has 1 aromatic carbocycles. The minimum atomic E-state index is -0.397. The number of aliphatic hydroxyl groups is 1. The summed E-state index contributed by atoms with van der Waals surface area (Å²) in [4.78, 5) is 13.2. The van der Waals surface area contributed by atoms with Gasteiger partial charge in [-0.1, -0.05) is 12.1 Å². The van der Waals surface area contributed by atoms with Crippen molar-refractivity contribution in [3.05, 3.63) is 35.4 Å². The summed E-state index contributed by atoms with van der Waals surface area (Å²) in [5, 5.41) is 9.01.